The van der Waals surface area contributed by atoms with Gasteiger partial charge in [0, 0.05) is 6.04 Å². The van der Waals surface area contributed by atoms with Crippen molar-refractivity contribution in [3.05, 3.63) is 0 Å². The van der Waals surface area contributed by atoms with E-state index in [0.717, 1.165) is 12.3 Å². The minimum atomic E-state index is -0.765. The molecule has 108 valence electrons. The van der Waals surface area contributed by atoms with Crippen molar-refractivity contribution in [3.63, 3.8) is 0 Å². The van der Waals surface area contributed by atoms with Crippen LogP contribution in [0.15, 0.2) is 0 Å². The predicted octanol–water partition coefficient (Wildman–Crippen LogP) is 3.01. The monoisotopic (exact) mass is 276 g/mol. The van der Waals surface area contributed by atoms with E-state index in [4.69, 9.17) is 5.73 Å². The van der Waals surface area contributed by atoms with E-state index < -0.39 is 5.54 Å². The van der Waals surface area contributed by atoms with Crippen LogP contribution in [0.2, 0.25) is 0 Å². The topological polar surface area (TPSA) is 55.1 Å². The number of halogens is 1. The zero-order valence-electron chi connectivity index (χ0n) is 12.0. The van der Waals surface area contributed by atoms with Crippen LogP contribution in [0.5, 0.6) is 0 Å². The van der Waals surface area contributed by atoms with Crippen molar-refractivity contribution in [1.82, 2.24) is 5.32 Å². The molecular formula is C14H29ClN2O. The van der Waals surface area contributed by atoms with E-state index in [0.29, 0.717) is 0 Å². The quantitative estimate of drug-likeness (QED) is 0.811. The molecule has 1 aliphatic rings. The second-order valence-corrected chi connectivity index (χ2v) is 6.18. The Morgan fingerprint density at radius 1 is 1.33 bits per heavy atom. The van der Waals surface area contributed by atoms with Gasteiger partial charge in [0.1, 0.15) is 0 Å². The van der Waals surface area contributed by atoms with Crippen molar-refractivity contribution >= 4 is 18.3 Å². The van der Waals surface area contributed by atoms with Crippen LogP contribution < -0.4 is 11.1 Å². The average molecular weight is 277 g/mol. The lowest BCUT2D eigenvalue weighted by Gasteiger charge is -2.25. The normalized spacial score (nSPS) is 18.9. The number of nitrogens with two attached hydrogens (primary N) is 1. The Hall–Kier alpha value is -0.280. The summed E-state index contributed by atoms with van der Waals surface area (Å²) in [6.07, 6.45) is 9.26. The fraction of sp³-hybridized carbons (Fsp3) is 0.929. The fourth-order valence-corrected chi connectivity index (χ4v) is 2.44. The average Bonchev–Trinajstić information content (AvgIpc) is 2.26. The molecule has 0 aromatic carbocycles. The first-order valence-electron chi connectivity index (χ1n) is 6.99. The van der Waals surface area contributed by atoms with E-state index >= 15 is 0 Å². The van der Waals surface area contributed by atoms with Crippen LogP contribution in [-0.2, 0) is 4.79 Å². The molecule has 1 saturated carbocycles. The highest BCUT2D eigenvalue weighted by atomic mass is 35.5. The van der Waals surface area contributed by atoms with Gasteiger partial charge in [0.25, 0.3) is 0 Å². The van der Waals surface area contributed by atoms with E-state index in [-0.39, 0.29) is 24.4 Å². The van der Waals surface area contributed by atoms with Gasteiger partial charge in [-0.3, -0.25) is 4.79 Å². The van der Waals surface area contributed by atoms with E-state index in [2.05, 4.69) is 12.2 Å². The zero-order valence-corrected chi connectivity index (χ0v) is 12.8. The van der Waals surface area contributed by atoms with Crippen molar-refractivity contribution in [2.45, 2.75) is 77.3 Å². The highest BCUT2D eigenvalue weighted by molar-refractivity contribution is 5.85. The lowest BCUT2D eigenvalue weighted by atomic mass is 9.85. The van der Waals surface area contributed by atoms with Crippen LogP contribution in [0.4, 0.5) is 0 Å². The van der Waals surface area contributed by atoms with E-state index in [1.807, 2.05) is 0 Å². The fourth-order valence-electron chi connectivity index (χ4n) is 2.44. The second kappa shape index (κ2) is 8.00. The Morgan fingerprint density at radius 3 is 2.39 bits per heavy atom. The maximum atomic E-state index is 11.7. The lowest BCUT2D eigenvalue weighted by Crippen LogP contribution is -2.51. The molecule has 0 aromatic heterocycles. The molecule has 1 fully saturated rings. The van der Waals surface area contributed by atoms with Gasteiger partial charge in [0.2, 0.25) is 5.91 Å². The smallest absolute Gasteiger partial charge is 0.239 e. The summed E-state index contributed by atoms with van der Waals surface area (Å²) < 4.78 is 0. The number of carbonyl (C=O) groups is 1. The number of hydrogen-bond donors (Lipinski definition) is 2. The molecule has 0 spiro atoms. The Morgan fingerprint density at radius 2 is 1.89 bits per heavy atom. The summed E-state index contributed by atoms with van der Waals surface area (Å²) in [6.45, 7) is 5.57. The van der Waals surface area contributed by atoms with Gasteiger partial charge in [-0.2, -0.15) is 0 Å². The van der Waals surface area contributed by atoms with Gasteiger partial charge in [-0.15, -0.1) is 12.4 Å². The number of nitrogens with one attached hydrogen (secondary N) is 1. The summed E-state index contributed by atoms with van der Waals surface area (Å²) in [7, 11) is 0. The van der Waals surface area contributed by atoms with Gasteiger partial charge in [0.05, 0.1) is 5.54 Å². The van der Waals surface area contributed by atoms with Crippen molar-refractivity contribution in [2.24, 2.45) is 11.7 Å². The molecule has 1 atom stereocenters. The summed E-state index contributed by atoms with van der Waals surface area (Å²) >= 11 is 0. The van der Waals surface area contributed by atoms with Gasteiger partial charge in [-0.1, -0.05) is 32.1 Å². The molecule has 0 bridgehead atoms. The van der Waals surface area contributed by atoms with E-state index in [1.165, 1.54) is 38.5 Å². The highest BCUT2D eigenvalue weighted by Gasteiger charge is 2.23. The summed E-state index contributed by atoms with van der Waals surface area (Å²) in [5.41, 5.74) is 4.99. The molecule has 0 radical (unpaired) electrons. The van der Waals surface area contributed by atoms with Gasteiger partial charge < -0.3 is 11.1 Å². The van der Waals surface area contributed by atoms with Crippen molar-refractivity contribution in [1.29, 1.82) is 0 Å². The molecule has 1 aliphatic carbocycles. The third-order valence-corrected chi connectivity index (χ3v) is 3.70. The molecule has 3 N–H and O–H groups in total. The summed E-state index contributed by atoms with van der Waals surface area (Å²) in [6, 6.07) is 0.243. The lowest BCUT2D eigenvalue weighted by molar-refractivity contribution is -0.125. The minimum Gasteiger partial charge on any atom is -0.352 e. The molecule has 3 nitrogen and oxygen atoms in total. The summed E-state index contributed by atoms with van der Waals surface area (Å²) in [4.78, 5) is 11.7. The molecule has 0 heterocycles. The second-order valence-electron chi connectivity index (χ2n) is 6.18. The number of carbonyl (C=O) groups excluding carboxylic acids is 1. The number of rotatable bonds is 5. The van der Waals surface area contributed by atoms with Crippen LogP contribution in [0.1, 0.15) is 65.7 Å². The zero-order chi connectivity index (χ0) is 12.9. The first kappa shape index (κ1) is 17.7. The van der Waals surface area contributed by atoms with E-state index in [1.54, 1.807) is 13.8 Å². The molecule has 0 aromatic rings. The molecule has 1 rings (SSSR count). The van der Waals surface area contributed by atoms with Crippen LogP contribution >= 0.6 is 12.4 Å². The maximum Gasteiger partial charge on any atom is 0.239 e. The Balaban J connectivity index is 0.00000289. The van der Waals surface area contributed by atoms with Crippen molar-refractivity contribution < 1.29 is 4.79 Å². The summed E-state index contributed by atoms with van der Waals surface area (Å²) in [5.74, 6) is 0.836. The molecule has 1 unspecified atom stereocenters. The standard InChI is InChI=1S/C14H28N2O.ClH/c1-11(16-13(17)14(2,3)15)9-10-12-7-5-4-6-8-12;/h11-12H,4-10,15H2,1-3H3,(H,16,17);1H. The minimum absolute atomic E-state index is 0. The van der Waals surface area contributed by atoms with Gasteiger partial charge in [-0.25, -0.2) is 0 Å². The predicted molar refractivity (Wildman–Crippen MR) is 78.9 cm³/mol. The largest absolute Gasteiger partial charge is 0.352 e. The first-order chi connectivity index (χ1) is 7.89. The molecular weight excluding hydrogens is 248 g/mol. The molecule has 0 aliphatic heterocycles. The Kier molecular flexibility index (Phi) is 7.88. The number of amides is 1. The SMILES string of the molecule is CC(CCC1CCCCC1)NC(=O)C(C)(C)N.Cl. The first-order valence-corrected chi connectivity index (χ1v) is 6.99. The van der Waals surface area contributed by atoms with Crippen molar-refractivity contribution in [3.8, 4) is 0 Å². The van der Waals surface area contributed by atoms with Crippen LogP contribution in [0.3, 0.4) is 0 Å². The summed E-state index contributed by atoms with van der Waals surface area (Å²) in [5, 5.41) is 3.00. The molecule has 4 heteroatoms. The maximum absolute atomic E-state index is 11.7. The van der Waals surface area contributed by atoms with Gasteiger partial charge in [-0.05, 0) is 39.5 Å². The highest BCUT2D eigenvalue weighted by Crippen LogP contribution is 2.27. The molecule has 18 heavy (non-hydrogen) atoms. The third kappa shape index (κ3) is 6.60. The van der Waals surface area contributed by atoms with Crippen molar-refractivity contribution in [2.75, 3.05) is 0 Å². The van der Waals surface area contributed by atoms with Gasteiger partial charge in [0.15, 0.2) is 0 Å². The van der Waals surface area contributed by atoms with E-state index in [9.17, 15) is 4.79 Å². The molecule has 1 amide bonds. The molecule has 0 saturated heterocycles. The number of hydrogen-bond acceptors (Lipinski definition) is 2. The van der Waals surface area contributed by atoms with Gasteiger partial charge >= 0.3 is 0 Å². The third-order valence-electron chi connectivity index (χ3n) is 3.70. The van der Waals surface area contributed by atoms with Crippen LogP contribution in [0.25, 0.3) is 0 Å². The Labute approximate surface area is 118 Å². The Bertz CT molecular complexity index is 245. The van der Waals surface area contributed by atoms with Crippen LogP contribution in [-0.4, -0.2) is 17.5 Å². The van der Waals surface area contributed by atoms with Crippen LogP contribution in [0, 0.1) is 5.92 Å².